The molecule has 0 atom stereocenters. The Morgan fingerprint density at radius 1 is 1.09 bits per heavy atom. The lowest BCUT2D eigenvalue weighted by Crippen LogP contribution is -2.14. The molecule has 0 bridgehead atoms. The molecule has 2 aromatic carbocycles. The zero-order chi connectivity index (χ0) is 23.1. The fraction of sp³-hybridized carbons (Fsp3) is 0.200. The number of hydrogen-bond acceptors (Lipinski definition) is 5. The smallest absolute Gasteiger partial charge is 0.299 e. The monoisotopic (exact) mass is 441 g/mol. The molecule has 3 N–H and O–H groups in total. The molecular weight excluding hydrogens is 418 g/mol. The van der Waals surface area contributed by atoms with E-state index < -0.39 is 0 Å². The molecule has 8 nitrogen and oxygen atoms in total. The summed E-state index contributed by atoms with van der Waals surface area (Å²) >= 11 is 0. The van der Waals surface area contributed by atoms with Crippen LogP contribution in [-0.2, 0) is 12.8 Å². The summed E-state index contributed by atoms with van der Waals surface area (Å²) in [6.07, 6.45) is 4.89. The second-order valence-electron chi connectivity index (χ2n) is 8.26. The van der Waals surface area contributed by atoms with Crippen LogP contribution < -0.4 is 5.56 Å². The lowest BCUT2D eigenvalue weighted by atomic mass is 10.1. The van der Waals surface area contributed by atoms with Gasteiger partial charge in [0.05, 0.1) is 17.1 Å². The summed E-state index contributed by atoms with van der Waals surface area (Å²) in [4.78, 5) is 27.5. The highest BCUT2D eigenvalue weighted by Gasteiger charge is 2.17. The molecule has 2 aromatic heterocycles. The molecule has 2 heterocycles. The first-order valence-corrected chi connectivity index (χ1v) is 10.8. The fourth-order valence-electron chi connectivity index (χ4n) is 4.24. The SMILES string of the molecule is CC(=O)c1cc(-c2cccc(N=Nc3c(C)[nH]n(-c4ccc5c(c4)CCC5)c3=O)c2O)c[nH]1. The average molecular weight is 441 g/mol. The van der Waals surface area contributed by atoms with Crippen molar-refractivity contribution in [2.75, 3.05) is 0 Å². The molecule has 1 aliphatic rings. The number of carbonyl (C=O) groups excluding carboxylic acids is 1. The summed E-state index contributed by atoms with van der Waals surface area (Å²) < 4.78 is 1.47. The van der Waals surface area contributed by atoms with E-state index in [0.29, 0.717) is 22.5 Å². The maximum Gasteiger partial charge on any atom is 0.299 e. The zero-order valence-electron chi connectivity index (χ0n) is 18.3. The lowest BCUT2D eigenvalue weighted by Gasteiger charge is -2.05. The van der Waals surface area contributed by atoms with E-state index in [1.54, 1.807) is 37.4 Å². The molecule has 1 aliphatic carbocycles. The van der Waals surface area contributed by atoms with Gasteiger partial charge in [-0.1, -0.05) is 18.2 Å². The van der Waals surface area contributed by atoms with Gasteiger partial charge < -0.3 is 10.1 Å². The van der Waals surface area contributed by atoms with Crippen LogP contribution in [0.2, 0.25) is 0 Å². The number of aromatic amines is 2. The summed E-state index contributed by atoms with van der Waals surface area (Å²) in [5.74, 6) is -0.179. The minimum Gasteiger partial charge on any atom is -0.505 e. The standard InChI is InChI=1S/C25H23N5O3/c1-14-23(25(33)30(29-14)19-10-9-16-5-3-6-17(16)11-19)28-27-21-8-4-7-20(24(21)32)18-12-22(15(2)31)26-13-18/h4,7-13,26,29,32H,3,5-6H2,1-2H3. The molecule has 33 heavy (non-hydrogen) atoms. The number of fused-ring (bicyclic) bond motifs is 1. The van der Waals surface area contributed by atoms with Crippen LogP contribution in [0.4, 0.5) is 11.4 Å². The molecule has 166 valence electrons. The molecule has 0 fully saturated rings. The van der Waals surface area contributed by atoms with E-state index in [9.17, 15) is 14.7 Å². The number of nitrogens with zero attached hydrogens (tertiary/aromatic N) is 3. The van der Waals surface area contributed by atoms with Gasteiger partial charge in [-0.2, -0.15) is 0 Å². The maximum absolute atomic E-state index is 13.0. The molecule has 0 saturated heterocycles. The Bertz CT molecular complexity index is 1470. The number of phenols is 1. The van der Waals surface area contributed by atoms with Crippen LogP contribution in [0, 0.1) is 6.92 Å². The molecule has 4 aromatic rings. The minimum atomic E-state index is -0.304. The van der Waals surface area contributed by atoms with Crippen molar-refractivity contribution in [1.82, 2.24) is 14.8 Å². The Morgan fingerprint density at radius 3 is 2.70 bits per heavy atom. The largest absolute Gasteiger partial charge is 0.505 e. The van der Waals surface area contributed by atoms with Gasteiger partial charge in [0.1, 0.15) is 5.69 Å². The van der Waals surface area contributed by atoms with E-state index in [1.165, 1.54) is 22.7 Å². The number of ketones is 1. The number of azo groups is 1. The number of benzene rings is 2. The predicted molar refractivity (Wildman–Crippen MR) is 125 cm³/mol. The van der Waals surface area contributed by atoms with Crippen LogP contribution in [-0.4, -0.2) is 25.7 Å². The van der Waals surface area contributed by atoms with Crippen LogP contribution in [0.15, 0.2) is 63.7 Å². The Hall–Kier alpha value is -4.20. The number of para-hydroxylation sites is 1. The van der Waals surface area contributed by atoms with Crippen molar-refractivity contribution in [3.8, 4) is 22.6 Å². The van der Waals surface area contributed by atoms with Crippen LogP contribution in [0.3, 0.4) is 0 Å². The summed E-state index contributed by atoms with van der Waals surface area (Å²) in [5.41, 5.74) is 5.68. The van der Waals surface area contributed by atoms with Crippen LogP contribution in [0.25, 0.3) is 16.8 Å². The van der Waals surface area contributed by atoms with Gasteiger partial charge >= 0.3 is 0 Å². The maximum atomic E-state index is 13.0. The van der Waals surface area contributed by atoms with Gasteiger partial charge in [-0.3, -0.25) is 14.7 Å². The molecule has 5 rings (SSSR count). The predicted octanol–water partition coefficient (Wildman–Crippen LogP) is 5.28. The topological polar surface area (TPSA) is 116 Å². The molecule has 0 unspecified atom stereocenters. The molecule has 0 spiro atoms. The first-order chi connectivity index (χ1) is 15.9. The lowest BCUT2D eigenvalue weighted by molar-refractivity contribution is 0.101. The van der Waals surface area contributed by atoms with Crippen molar-refractivity contribution in [3.63, 3.8) is 0 Å². The van der Waals surface area contributed by atoms with Gasteiger partial charge in [0, 0.05) is 24.2 Å². The van der Waals surface area contributed by atoms with Crippen molar-refractivity contribution in [2.24, 2.45) is 10.2 Å². The Balaban J connectivity index is 1.48. The highest BCUT2D eigenvalue weighted by Crippen LogP contribution is 2.38. The second kappa shape index (κ2) is 8.05. The third-order valence-corrected chi connectivity index (χ3v) is 6.03. The minimum absolute atomic E-state index is 0.0810. The number of aromatic hydroxyl groups is 1. The van der Waals surface area contributed by atoms with E-state index >= 15 is 0 Å². The molecule has 0 aliphatic heterocycles. The molecule has 8 heteroatoms. The van der Waals surface area contributed by atoms with Crippen LogP contribution in [0.5, 0.6) is 5.75 Å². The number of phenolic OH excluding ortho intramolecular Hbond substituents is 1. The van der Waals surface area contributed by atoms with Gasteiger partial charge in [-0.15, -0.1) is 10.2 Å². The number of carbonyl (C=O) groups is 1. The number of aromatic nitrogens is 3. The van der Waals surface area contributed by atoms with Crippen molar-refractivity contribution in [3.05, 3.63) is 81.5 Å². The Labute approximate surface area is 189 Å². The summed E-state index contributed by atoms with van der Waals surface area (Å²) in [6.45, 7) is 3.23. The van der Waals surface area contributed by atoms with Gasteiger partial charge in [0.15, 0.2) is 17.2 Å². The normalized spacial score (nSPS) is 13.0. The van der Waals surface area contributed by atoms with E-state index in [4.69, 9.17) is 0 Å². The van der Waals surface area contributed by atoms with Crippen LogP contribution in [0.1, 0.15) is 40.7 Å². The van der Waals surface area contributed by atoms with E-state index in [1.807, 2.05) is 12.1 Å². The second-order valence-corrected chi connectivity index (χ2v) is 8.26. The summed E-state index contributed by atoms with van der Waals surface area (Å²) in [6, 6.07) is 12.8. The molecule has 0 amide bonds. The molecule has 0 radical (unpaired) electrons. The van der Waals surface area contributed by atoms with Crippen molar-refractivity contribution in [2.45, 2.75) is 33.1 Å². The Morgan fingerprint density at radius 2 is 1.91 bits per heavy atom. The third-order valence-electron chi connectivity index (χ3n) is 6.03. The van der Waals surface area contributed by atoms with Crippen molar-refractivity contribution >= 4 is 17.2 Å². The van der Waals surface area contributed by atoms with E-state index in [0.717, 1.165) is 24.9 Å². The Kier molecular flexibility index (Phi) is 5.05. The number of hydrogen-bond donors (Lipinski definition) is 3. The van der Waals surface area contributed by atoms with Gasteiger partial charge in [0.25, 0.3) is 5.56 Å². The van der Waals surface area contributed by atoms with Crippen molar-refractivity contribution in [1.29, 1.82) is 0 Å². The average Bonchev–Trinajstić information content (AvgIpc) is 3.52. The number of rotatable bonds is 5. The quantitative estimate of drug-likeness (QED) is 0.289. The highest BCUT2D eigenvalue weighted by molar-refractivity contribution is 5.94. The summed E-state index contributed by atoms with van der Waals surface area (Å²) in [5, 5.41) is 22.1. The number of nitrogens with one attached hydrogen (secondary N) is 2. The summed E-state index contributed by atoms with van der Waals surface area (Å²) in [7, 11) is 0. The fourth-order valence-corrected chi connectivity index (χ4v) is 4.24. The number of Topliss-reactive ketones (excluding diaryl/α,β-unsaturated/α-hetero) is 1. The first kappa shape index (κ1) is 20.7. The molecule has 0 saturated carbocycles. The van der Waals surface area contributed by atoms with E-state index in [2.05, 4.69) is 26.4 Å². The molecular formula is C25H23N5O3. The number of H-pyrrole nitrogens is 2. The van der Waals surface area contributed by atoms with Gasteiger partial charge in [-0.05, 0) is 61.6 Å². The van der Waals surface area contributed by atoms with Gasteiger partial charge in [-0.25, -0.2) is 4.68 Å². The van der Waals surface area contributed by atoms with Gasteiger partial charge in [0.2, 0.25) is 0 Å². The third kappa shape index (κ3) is 3.69. The first-order valence-electron chi connectivity index (χ1n) is 10.8. The number of aryl methyl sites for hydroxylation is 3. The van der Waals surface area contributed by atoms with Crippen LogP contribution >= 0.6 is 0 Å². The van der Waals surface area contributed by atoms with Crippen molar-refractivity contribution < 1.29 is 9.90 Å². The highest BCUT2D eigenvalue weighted by atomic mass is 16.3. The van der Waals surface area contributed by atoms with E-state index in [-0.39, 0.29) is 28.5 Å². The zero-order valence-corrected chi connectivity index (χ0v) is 18.3.